The average Bonchev–Trinajstić information content (AvgIpc) is 3.47. The summed E-state index contributed by atoms with van der Waals surface area (Å²) in [5.41, 5.74) is 15.1. The molecule has 6 aromatic carbocycles. The van der Waals surface area contributed by atoms with E-state index >= 15 is 0 Å². The molecule has 0 fully saturated rings. The number of rotatable bonds is 5. The van der Waals surface area contributed by atoms with Gasteiger partial charge in [-0.2, -0.15) is 0 Å². The number of fused-ring (bicyclic) bond motifs is 3. The summed E-state index contributed by atoms with van der Waals surface area (Å²) in [5, 5.41) is 2.59. The number of para-hydroxylation sites is 1. The van der Waals surface area contributed by atoms with Crippen LogP contribution < -0.4 is 0 Å². The molecule has 0 unspecified atom stereocenters. The summed E-state index contributed by atoms with van der Waals surface area (Å²) in [7, 11) is 0. The van der Waals surface area contributed by atoms with Gasteiger partial charge in [0.05, 0.1) is 22.4 Å². The normalized spacial score (nSPS) is 11.8. The third-order valence-electron chi connectivity index (χ3n) is 9.48. The Morgan fingerprint density at radius 1 is 0.458 bits per heavy atom. The van der Waals surface area contributed by atoms with Crippen LogP contribution in [0.25, 0.3) is 72.3 Å². The zero-order chi connectivity index (χ0) is 32.8. The maximum Gasteiger partial charge on any atom is 0.0715 e. The quantitative estimate of drug-likeness (QED) is 0.188. The highest BCUT2D eigenvalue weighted by atomic mass is 15.0. The summed E-state index contributed by atoms with van der Waals surface area (Å²) >= 11 is 0. The topological polar surface area (TPSA) is 17.8 Å². The second-order valence-electron chi connectivity index (χ2n) is 13.8. The molecular formula is C46H38N2. The minimum Gasteiger partial charge on any atom is -0.309 e. The number of aromatic nitrogens is 2. The van der Waals surface area contributed by atoms with Gasteiger partial charge in [0.25, 0.3) is 0 Å². The van der Waals surface area contributed by atoms with Crippen molar-refractivity contribution in [1.29, 1.82) is 0 Å². The molecule has 0 spiro atoms. The van der Waals surface area contributed by atoms with Gasteiger partial charge in [-0.05, 0) is 88.2 Å². The van der Waals surface area contributed by atoms with Crippen molar-refractivity contribution in [2.75, 3.05) is 0 Å². The number of pyridine rings is 1. The standard InChI is InChI=1S/C46H38N2/c1-31-13-10-22-44-45(31)40-20-8-9-21-43(40)48(44)39-19-12-17-35(28-39)37-29-41(33-23-25-38(26-24-33)46(2,3)4)47-42(30-37)36-18-11-16-34(27-36)32-14-6-5-7-15-32/h5-30H,1-4H3. The second-order valence-corrected chi connectivity index (χ2v) is 13.8. The van der Waals surface area contributed by atoms with Crippen molar-refractivity contribution in [3.63, 3.8) is 0 Å². The van der Waals surface area contributed by atoms with Crippen molar-refractivity contribution in [2.45, 2.75) is 33.1 Å². The van der Waals surface area contributed by atoms with Gasteiger partial charge in [-0.15, -0.1) is 0 Å². The second kappa shape index (κ2) is 11.8. The summed E-state index contributed by atoms with van der Waals surface area (Å²) in [5.74, 6) is 0. The van der Waals surface area contributed by atoms with Gasteiger partial charge in [0.1, 0.15) is 0 Å². The number of hydrogen-bond donors (Lipinski definition) is 0. The van der Waals surface area contributed by atoms with Crippen molar-refractivity contribution in [2.24, 2.45) is 0 Å². The van der Waals surface area contributed by atoms with Gasteiger partial charge in [-0.1, -0.05) is 136 Å². The molecule has 0 aliphatic carbocycles. The Morgan fingerprint density at radius 3 is 1.83 bits per heavy atom. The first kappa shape index (κ1) is 29.7. The van der Waals surface area contributed by atoms with E-state index in [1.165, 1.54) is 44.1 Å². The highest BCUT2D eigenvalue weighted by molar-refractivity contribution is 6.10. The van der Waals surface area contributed by atoms with E-state index in [9.17, 15) is 0 Å². The lowest BCUT2D eigenvalue weighted by Gasteiger charge is -2.19. The van der Waals surface area contributed by atoms with Crippen LogP contribution in [0, 0.1) is 6.92 Å². The van der Waals surface area contributed by atoms with Gasteiger partial charge in [-0.25, -0.2) is 4.98 Å². The zero-order valence-electron chi connectivity index (χ0n) is 27.9. The number of benzene rings is 6. The highest BCUT2D eigenvalue weighted by Gasteiger charge is 2.17. The van der Waals surface area contributed by atoms with Crippen molar-refractivity contribution >= 4 is 21.8 Å². The number of hydrogen-bond acceptors (Lipinski definition) is 1. The van der Waals surface area contributed by atoms with Crippen LogP contribution in [0.4, 0.5) is 0 Å². The van der Waals surface area contributed by atoms with Gasteiger partial charge in [-0.3, -0.25) is 0 Å². The molecule has 0 aliphatic rings. The number of nitrogens with zero attached hydrogens (tertiary/aromatic N) is 2. The van der Waals surface area contributed by atoms with Crippen LogP contribution in [0.3, 0.4) is 0 Å². The van der Waals surface area contributed by atoms with E-state index in [-0.39, 0.29) is 5.41 Å². The molecule has 232 valence electrons. The third kappa shape index (κ3) is 5.40. The van der Waals surface area contributed by atoms with Crippen LogP contribution in [0.15, 0.2) is 158 Å². The molecule has 2 heteroatoms. The minimum atomic E-state index is 0.0859. The first-order chi connectivity index (χ1) is 23.3. The summed E-state index contributed by atoms with van der Waals surface area (Å²) in [4.78, 5) is 5.28. The summed E-state index contributed by atoms with van der Waals surface area (Å²) < 4.78 is 2.40. The first-order valence-electron chi connectivity index (χ1n) is 16.7. The molecule has 0 N–H and O–H groups in total. The van der Waals surface area contributed by atoms with E-state index in [2.05, 4.69) is 190 Å². The van der Waals surface area contributed by atoms with Gasteiger partial charge < -0.3 is 4.57 Å². The predicted octanol–water partition coefficient (Wildman–Crippen LogP) is 12.5. The van der Waals surface area contributed by atoms with E-state index in [1.54, 1.807) is 0 Å². The highest BCUT2D eigenvalue weighted by Crippen LogP contribution is 2.37. The minimum absolute atomic E-state index is 0.0859. The molecule has 0 saturated heterocycles. The molecule has 0 radical (unpaired) electrons. The molecule has 2 heterocycles. The lowest BCUT2D eigenvalue weighted by atomic mass is 9.86. The van der Waals surface area contributed by atoms with Crippen LogP contribution in [0.1, 0.15) is 31.9 Å². The molecule has 8 aromatic rings. The molecule has 48 heavy (non-hydrogen) atoms. The van der Waals surface area contributed by atoms with Crippen LogP contribution in [-0.2, 0) is 5.41 Å². The van der Waals surface area contributed by atoms with E-state index in [0.29, 0.717) is 0 Å². The van der Waals surface area contributed by atoms with Crippen LogP contribution in [0.2, 0.25) is 0 Å². The molecule has 0 aliphatic heterocycles. The molecule has 0 amide bonds. The fourth-order valence-electron chi connectivity index (χ4n) is 6.92. The van der Waals surface area contributed by atoms with Crippen molar-refractivity contribution in [1.82, 2.24) is 9.55 Å². The molecular weight excluding hydrogens is 581 g/mol. The van der Waals surface area contributed by atoms with Crippen molar-refractivity contribution in [3.05, 3.63) is 169 Å². The van der Waals surface area contributed by atoms with Crippen molar-refractivity contribution in [3.8, 4) is 50.5 Å². The Morgan fingerprint density at radius 2 is 1.06 bits per heavy atom. The fourth-order valence-corrected chi connectivity index (χ4v) is 6.92. The van der Waals surface area contributed by atoms with Crippen LogP contribution in [0.5, 0.6) is 0 Å². The molecule has 0 saturated carbocycles. The Kier molecular flexibility index (Phi) is 7.30. The van der Waals surface area contributed by atoms with Gasteiger partial charge in [0.2, 0.25) is 0 Å². The monoisotopic (exact) mass is 618 g/mol. The van der Waals surface area contributed by atoms with Crippen LogP contribution >= 0.6 is 0 Å². The van der Waals surface area contributed by atoms with Crippen LogP contribution in [-0.4, -0.2) is 9.55 Å². The molecule has 2 aromatic heterocycles. The van der Waals surface area contributed by atoms with Gasteiger partial charge in [0, 0.05) is 27.6 Å². The summed E-state index contributed by atoms with van der Waals surface area (Å²) in [6.07, 6.45) is 0. The Hall–Kier alpha value is -5.73. The third-order valence-corrected chi connectivity index (χ3v) is 9.48. The maximum absolute atomic E-state index is 5.28. The lowest BCUT2D eigenvalue weighted by molar-refractivity contribution is 0.590. The molecule has 8 rings (SSSR count). The summed E-state index contributed by atoms with van der Waals surface area (Å²) in [6.45, 7) is 8.97. The fraction of sp³-hybridized carbons (Fsp3) is 0.109. The van der Waals surface area contributed by atoms with Gasteiger partial charge in [0.15, 0.2) is 0 Å². The predicted molar refractivity (Wildman–Crippen MR) is 204 cm³/mol. The Bertz CT molecular complexity index is 2420. The van der Waals surface area contributed by atoms with E-state index < -0.39 is 0 Å². The molecule has 0 atom stereocenters. The molecule has 0 bridgehead atoms. The number of aryl methyl sites for hydroxylation is 1. The van der Waals surface area contributed by atoms with E-state index in [1.807, 2.05) is 0 Å². The SMILES string of the molecule is Cc1cccc2c1c1ccccc1n2-c1cccc(-c2cc(-c3ccc(C(C)(C)C)cc3)nc(-c3cccc(-c4ccccc4)c3)c2)c1. The lowest BCUT2D eigenvalue weighted by Crippen LogP contribution is -2.10. The Labute approximate surface area is 283 Å². The van der Waals surface area contributed by atoms with Crippen molar-refractivity contribution < 1.29 is 0 Å². The maximum atomic E-state index is 5.28. The average molecular weight is 619 g/mol. The van der Waals surface area contributed by atoms with E-state index in [4.69, 9.17) is 4.98 Å². The van der Waals surface area contributed by atoms with Gasteiger partial charge >= 0.3 is 0 Å². The molecule has 2 nitrogen and oxygen atoms in total. The summed E-state index contributed by atoms with van der Waals surface area (Å²) in [6, 6.07) is 56.9. The van der Waals surface area contributed by atoms with E-state index in [0.717, 1.165) is 39.3 Å². The Balaban J connectivity index is 1.30. The largest absolute Gasteiger partial charge is 0.309 e. The smallest absolute Gasteiger partial charge is 0.0715 e. The first-order valence-corrected chi connectivity index (χ1v) is 16.7. The zero-order valence-corrected chi connectivity index (χ0v) is 27.9.